The molecule has 1 atom stereocenters. The van der Waals surface area contributed by atoms with Crippen molar-refractivity contribution in [2.24, 2.45) is 0 Å². The van der Waals surface area contributed by atoms with E-state index in [0.29, 0.717) is 6.61 Å². The molecule has 1 aromatic heterocycles. The highest BCUT2D eigenvalue weighted by Gasteiger charge is 2.06. The van der Waals surface area contributed by atoms with Gasteiger partial charge in [0, 0.05) is 17.6 Å². The van der Waals surface area contributed by atoms with Gasteiger partial charge in [-0.15, -0.1) is 0 Å². The predicted octanol–water partition coefficient (Wildman–Crippen LogP) is 2.89. The van der Waals surface area contributed by atoms with Crippen LogP contribution in [0.25, 0.3) is 0 Å². The lowest BCUT2D eigenvalue weighted by Crippen LogP contribution is -2.19. The number of thiophene rings is 1. The van der Waals surface area contributed by atoms with Crippen LogP contribution in [0.2, 0.25) is 0 Å². The van der Waals surface area contributed by atoms with E-state index in [0.717, 1.165) is 5.56 Å². The van der Waals surface area contributed by atoms with Crippen molar-refractivity contribution in [3.8, 4) is 11.8 Å². The van der Waals surface area contributed by atoms with Crippen molar-refractivity contribution in [1.29, 1.82) is 0 Å². The second-order valence-corrected chi connectivity index (χ2v) is 4.03. The maximum atomic E-state index is 5.50. The SMILES string of the molecule is CCO[C@H](C#Cc1ccsc1)OC(C)C. The second kappa shape index (κ2) is 6.62. The molecular weight excluding hydrogens is 208 g/mol. The Morgan fingerprint density at radius 2 is 2.27 bits per heavy atom. The van der Waals surface area contributed by atoms with Gasteiger partial charge in [0.05, 0.1) is 6.10 Å². The summed E-state index contributed by atoms with van der Waals surface area (Å²) < 4.78 is 10.9. The molecule has 0 aliphatic heterocycles. The third kappa shape index (κ3) is 4.98. The van der Waals surface area contributed by atoms with Crippen LogP contribution < -0.4 is 0 Å². The Morgan fingerprint density at radius 1 is 1.47 bits per heavy atom. The molecule has 1 aromatic rings. The zero-order valence-corrected chi connectivity index (χ0v) is 10.1. The van der Waals surface area contributed by atoms with Crippen molar-refractivity contribution in [3.05, 3.63) is 22.4 Å². The van der Waals surface area contributed by atoms with Gasteiger partial charge < -0.3 is 9.47 Å². The molecule has 0 saturated heterocycles. The third-order valence-corrected chi connectivity index (χ3v) is 2.25. The molecule has 0 saturated carbocycles. The van der Waals surface area contributed by atoms with Crippen molar-refractivity contribution in [1.82, 2.24) is 0 Å². The smallest absolute Gasteiger partial charge is 0.223 e. The Labute approximate surface area is 95.2 Å². The van der Waals surface area contributed by atoms with Gasteiger partial charge in [-0.2, -0.15) is 11.3 Å². The van der Waals surface area contributed by atoms with E-state index >= 15 is 0 Å². The first-order valence-electron chi connectivity index (χ1n) is 5.03. The lowest BCUT2D eigenvalue weighted by Gasteiger charge is -2.14. The zero-order valence-electron chi connectivity index (χ0n) is 9.32. The summed E-state index contributed by atoms with van der Waals surface area (Å²) in [6, 6.07) is 1.98. The summed E-state index contributed by atoms with van der Waals surface area (Å²) in [6.07, 6.45) is -0.298. The molecule has 0 amide bonds. The van der Waals surface area contributed by atoms with Gasteiger partial charge in [0.25, 0.3) is 0 Å². The molecule has 0 aliphatic carbocycles. The lowest BCUT2D eigenvalue weighted by atomic mass is 10.3. The first kappa shape index (κ1) is 12.3. The molecule has 0 N–H and O–H groups in total. The van der Waals surface area contributed by atoms with Crippen molar-refractivity contribution < 1.29 is 9.47 Å². The largest absolute Gasteiger partial charge is 0.342 e. The molecule has 0 bridgehead atoms. The van der Waals surface area contributed by atoms with E-state index in [1.54, 1.807) is 11.3 Å². The molecule has 0 fully saturated rings. The average molecular weight is 224 g/mol. The van der Waals surface area contributed by atoms with Crippen molar-refractivity contribution in [2.75, 3.05) is 6.61 Å². The van der Waals surface area contributed by atoms with Crippen LogP contribution in [-0.4, -0.2) is 19.0 Å². The number of ether oxygens (including phenoxy) is 2. The first-order valence-corrected chi connectivity index (χ1v) is 5.97. The summed E-state index contributed by atoms with van der Waals surface area (Å²) in [5.41, 5.74) is 1.01. The number of hydrogen-bond acceptors (Lipinski definition) is 3. The van der Waals surface area contributed by atoms with Crippen molar-refractivity contribution >= 4 is 11.3 Å². The number of rotatable bonds is 4. The fourth-order valence-electron chi connectivity index (χ4n) is 0.991. The lowest BCUT2D eigenvalue weighted by molar-refractivity contribution is -0.124. The van der Waals surface area contributed by atoms with Gasteiger partial charge in [-0.3, -0.25) is 0 Å². The van der Waals surface area contributed by atoms with E-state index in [-0.39, 0.29) is 6.10 Å². The fourth-order valence-corrected chi connectivity index (χ4v) is 1.58. The minimum atomic E-state index is -0.421. The van der Waals surface area contributed by atoms with Crippen LogP contribution in [0.3, 0.4) is 0 Å². The van der Waals surface area contributed by atoms with Gasteiger partial charge in [0.15, 0.2) is 0 Å². The van der Waals surface area contributed by atoms with Crippen LogP contribution in [0.1, 0.15) is 26.3 Å². The second-order valence-electron chi connectivity index (χ2n) is 3.25. The van der Waals surface area contributed by atoms with Crippen LogP contribution in [0, 0.1) is 11.8 Å². The Balaban J connectivity index is 2.57. The molecule has 0 aromatic carbocycles. The predicted molar refractivity (Wildman–Crippen MR) is 62.8 cm³/mol. The Kier molecular flexibility index (Phi) is 5.41. The third-order valence-electron chi connectivity index (χ3n) is 1.57. The van der Waals surface area contributed by atoms with Crippen LogP contribution in [0.4, 0.5) is 0 Å². The van der Waals surface area contributed by atoms with Crippen molar-refractivity contribution in [3.63, 3.8) is 0 Å². The fraction of sp³-hybridized carbons (Fsp3) is 0.500. The minimum Gasteiger partial charge on any atom is -0.342 e. The highest BCUT2D eigenvalue weighted by atomic mass is 32.1. The summed E-state index contributed by atoms with van der Waals surface area (Å²) in [7, 11) is 0. The molecule has 0 unspecified atom stereocenters. The summed E-state index contributed by atoms with van der Waals surface area (Å²) in [4.78, 5) is 0. The van der Waals surface area contributed by atoms with Crippen LogP contribution in [-0.2, 0) is 9.47 Å². The molecular formula is C12H16O2S. The van der Waals surface area contributed by atoms with E-state index in [4.69, 9.17) is 9.47 Å². The molecule has 0 spiro atoms. The Hall–Kier alpha value is -0.820. The van der Waals surface area contributed by atoms with Gasteiger partial charge in [-0.1, -0.05) is 5.92 Å². The van der Waals surface area contributed by atoms with E-state index in [1.807, 2.05) is 37.6 Å². The minimum absolute atomic E-state index is 0.123. The van der Waals surface area contributed by atoms with Crippen LogP contribution in [0.15, 0.2) is 16.8 Å². The standard InChI is InChI=1S/C12H16O2S/c1-4-13-12(14-10(2)3)6-5-11-7-8-15-9-11/h7-10,12H,4H2,1-3H3/t12-/m0/s1. The van der Waals surface area contributed by atoms with E-state index < -0.39 is 6.29 Å². The normalized spacial score (nSPS) is 12.3. The van der Waals surface area contributed by atoms with E-state index in [9.17, 15) is 0 Å². The topological polar surface area (TPSA) is 18.5 Å². The van der Waals surface area contributed by atoms with Gasteiger partial charge in [0.2, 0.25) is 6.29 Å². The van der Waals surface area contributed by atoms with Gasteiger partial charge in [0.1, 0.15) is 0 Å². The average Bonchev–Trinajstić information content (AvgIpc) is 2.66. The Morgan fingerprint density at radius 3 is 2.80 bits per heavy atom. The quantitative estimate of drug-likeness (QED) is 0.578. The Bertz CT molecular complexity index is 319. The monoisotopic (exact) mass is 224 g/mol. The highest BCUT2D eigenvalue weighted by molar-refractivity contribution is 7.08. The zero-order chi connectivity index (χ0) is 11.1. The van der Waals surface area contributed by atoms with Gasteiger partial charge in [-0.05, 0) is 38.1 Å². The van der Waals surface area contributed by atoms with Crippen LogP contribution in [0.5, 0.6) is 0 Å². The molecule has 2 nitrogen and oxygen atoms in total. The van der Waals surface area contributed by atoms with E-state index in [2.05, 4.69) is 11.8 Å². The van der Waals surface area contributed by atoms with Gasteiger partial charge in [-0.25, -0.2) is 0 Å². The van der Waals surface area contributed by atoms with Gasteiger partial charge >= 0.3 is 0 Å². The van der Waals surface area contributed by atoms with Crippen LogP contribution >= 0.6 is 11.3 Å². The highest BCUT2D eigenvalue weighted by Crippen LogP contribution is 2.04. The molecule has 1 rings (SSSR count). The maximum absolute atomic E-state index is 5.50. The first-order chi connectivity index (χ1) is 7.22. The molecule has 1 heterocycles. The van der Waals surface area contributed by atoms with Crippen molar-refractivity contribution in [2.45, 2.75) is 33.2 Å². The molecule has 0 radical (unpaired) electrons. The summed E-state index contributed by atoms with van der Waals surface area (Å²) in [5, 5.41) is 4.01. The molecule has 82 valence electrons. The molecule has 15 heavy (non-hydrogen) atoms. The maximum Gasteiger partial charge on any atom is 0.223 e. The number of hydrogen-bond donors (Lipinski definition) is 0. The summed E-state index contributed by atoms with van der Waals surface area (Å²) in [5.74, 6) is 5.99. The van der Waals surface area contributed by atoms with E-state index in [1.165, 1.54) is 0 Å². The summed E-state index contributed by atoms with van der Waals surface area (Å²) in [6.45, 7) is 6.48. The summed E-state index contributed by atoms with van der Waals surface area (Å²) >= 11 is 1.63. The molecule has 0 aliphatic rings. The molecule has 3 heteroatoms.